The second-order valence-corrected chi connectivity index (χ2v) is 4.66. The van der Waals surface area contributed by atoms with Crippen LogP contribution in [0.2, 0.25) is 0 Å². The molecule has 0 unspecified atom stereocenters. The molecule has 0 N–H and O–H groups in total. The number of nitrogens with zero attached hydrogens (tertiary/aromatic N) is 4. The topological polar surface area (TPSA) is 60.2 Å². The summed E-state index contributed by atoms with van der Waals surface area (Å²) < 4.78 is 6.43. The summed E-state index contributed by atoms with van der Waals surface area (Å²) in [6, 6.07) is 7.41. The zero-order valence-electron chi connectivity index (χ0n) is 11.9. The molecule has 0 atom stereocenters. The third-order valence-electron chi connectivity index (χ3n) is 3.04. The van der Waals surface area contributed by atoms with Gasteiger partial charge in [-0.05, 0) is 24.7 Å². The molecular weight excluding hydrogens is 256 g/mol. The van der Waals surface area contributed by atoms with Gasteiger partial charge in [0.1, 0.15) is 12.2 Å². The van der Waals surface area contributed by atoms with Crippen molar-refractivity contribution >= 4 is 5.97 Å². The first-order chi connectivity index (χ1) is 9.60. The van der Waals surface area contributed by atoms with Crippen LogP contribution in [0.4, 0.5) is 0 Å². The van der Waals surface area contributed by atoms with Crippen LogP contribution in [0.3, 0.4) is 0 Å². The van der Waals surface area contributed by atoms with Crippen LogP contribution >= 0.6 is 0 Å². The quantitative estimate of drug-likeness (QED) is 0.768. The van der Waals surface area contributed by atoms with Gasteiger partial charge in [-0.2, -0.15) is 5.10 Å². The van der Waals surface area contributed by atoms with Crippen molar-refractivity contribution in [2.24, 2.45) is 7.05 Å². The van der Waals surface area contributed by atoms with Gasteiger partial charge in [-0.25, -0.2) is 9.78 Å². The molecule has 2 rings (SSSR count). The van der Waals surface area contributed by atoms with Crippen molar-refractivity contribution in [3.63, 3.8) is 0 Å². The summed E-state index contributed by atoms with van der Waals surface area (Å²) in [6.45, 7) is 1.49. The Hall–Kier alpha value is -2.21. The number of carbonyl (C=O) groups excluding carboxylic acids is 1. The molecular formula is C14H18N4O2. The molecule has 0 aliphatic rings. The highest BCUT2D eigenvalue weighted by Crippen LogP contribution is 2.09. The van der Waals surface area contributed by atoms with Gasteiger partial charge in [-0.15, -0.1) is 0 Å². The number of carbonyl (C=O) groups is 1. The minimum absolute atomic E-state index is 0.316. The number of benzene rings is 1. The molecule has 0 amide bonds. The summed E-state index contributed by atoms with van der Waals surface area (Å²) in [5.74, 6) is 0.600. The number of ether oxygens (including phenoxy) is 1. The van der Waals surface area contributed by atoms with E-state index in [1.807, 2.05) is 26.2 Å². The summed E-state index contributed by atoms with van der Waals surface area (Å²) >= 11 is 0. The first kappa shape index (κ1) is 14.2. The van der Waals surface area contributed by atoms with Crippen molar-refractivity contribution in [2.45, 2.75) is 13.1 Å². The summed E-state index contributed by atoms with van der Waals surface area (Å²) in [5, 5.41) is 4.04. The van der Waals surface area contributed by atoms with E-state index in [0.29, 0.717) is 5.56 Å². The van der Waals surface area contributed by atoms with E-state index in [9.17, 15) is 4.79 Å². The second-order valence-electron chi connectivity index (χ2n) is 4.66. The van der Waals surface area contributed by atoms with Crippen molar-refractivity contribution in [2.75, 3.05) is 14.2 Å². The third-order valence-corrected chi connectivity index (χ3v) is 3.04. The minimum atomic E-state index is -0.316. The number of rotatable bonds is 5. The smallest absolute Gasteiger partial charge is 0.337 e. The van der Waals surface area contributed by atoms with Crippen LogP contribution in [0.15, 0.2) is 30.6 Å². The van der Waals surface area contributed by atoms with E-state index >= 15 is 0 Å². The molecule has 6 nitrogen and oxygen atoms in total. The molecule has 0 bridgehead atoms. The zero-order valence-corrected chi connectivity index (χ0v) is 11.9. The Morgan fingerprint density at radius 1 is 1.30 bits per heavy atom. The Kier molecular flexibility index (Phi) is 4.47. The lowest BCUT2D eigenvalue weighted by atomic mass is 10.1. The lowest BCUT2D eigenvalue weighted by Gasteiger charge is -2.16. The van der Waals surface area contributed by atoms with Crippen molar-refractivity contribution in [1.82, 2.24) is 19.7 Å². The summed E-state index contributed by atoms with van der Waals surface area (Å²) in [5.41, 5.74) is 1.69. The van der Waals surface area contributed by atoms with Gasteiger partial charge in [0.05, 0.1) is 19.2 Å². The molecule has 0 saturated heterocycles. The van der Waals surface area contributed by atoms with Crippen LogP contribution in [0, 0.1) is 0 Å². The molecule has 0 saturated carbocycles. The van der Waals surface area contributed by atoms with E-state index in [4.69, 9.17) is 0 Å². The molecule has 0 aliphatic heterocycles. The number of hydrogen-bond acceptors (Lipinski definition) is 5. The third kappa shape index (κ3) is 3.42. The molecule has 1 aromatic carbocycles. The fraction of sp³-hybridized carbons (Fsp3) is 0.357. The maximum atomic E-state index is 11.3. The average molecular weight is 274 g/mol. The van der Waals surface area contributed by atoms with Crippen LogP contribution in [-0.4, -0.2) is 39.8 Å². The summed E-state index contributed by atoms with van der Waals surface area (Å²) in [7, 11) is 5.27. The Bertz CT molecular complexity index is 577. The van der Waals surface area contributed by atoms with Gasteiger partial charge < -0.3 is 4.74 Å². The second kappa shape index (κ2) is 6.29. The summed E-state index contributed by atoms with van der Waals surface area (Å²) in [6.07, 6.45) is 1.55. The Labute approximate surface area is 118 Å². The van der Waals surface area contributed by atoms with Gasteiger partial charge >= 0.3 is 5.97 Å². The fourth-order valence-electron chi connectivity index (χ4n) is 1.94. The van der Waals surface area contributed by atoms with E-state index in [1.54, 1.807) is 23.1 Å². The number of aromatic nitrogens is 3. The maximum absolute atomic E-state index is 11.3. The van der Waals surface area contributed by atoms with E-state index in [0.717, 1.165) is 24.5 Å². The van der Waals surface area contributed by atoms with Gasteiger partial charge in [0, 0.05) is 13.6 Å². The largest absolute Gasteiger partial charge is 0.465 e. The van der Waals surface area contributed by atoms with Crippen molar-refractivity contribution in [3.05, 3.63) is 47.5 Å². The van der Waals surface area contributed by atoms with Crippen molar-refractivity contribution in [1.29, 1.82) is 0 Å². The van der Waals surface area contributed by atoms with Gasteiger partial charge in [0.15, 0.2) is 0 Å². The Morgan fingerprint density at radius 2 is 2.00 bits per heavy atom. The van der Waals surface area contributed by atoms with E-state index in [1.165, 1.54) is 7.11 Å². The van der Waals surface area contributed by atoms with E-state index in [2.05, 4.69) is 19.7 Å². The van der Waals surface area contributed by atoms with Crippen LogP contribution in [0.5, 0.6) is 0 Å². The lowest BCUT2D eigenvalue weighted by molar-refractivity contribution is 0.0600. The molecule has 1 aromatic heterocycles. The number of hydrogen-bond donors (Lipinski definition) is 0. The number of methoxy groups -OCH3 is 1. The number of aryl methyl sites for hydroxylation is 1. The maximum Gasteiger partial charge on any atom is 0.337 e. The monoisotopic (exact) mass is 274 g/mol. The molecule has 6 heteroatoms. The predicted molar refractivity (Wildman–Crippen MR) is 74.0 cm³/mol. The molecule has 1 heterocycles. The predicted octanol–water partition coefficient (Wildman–Crippen LogP) is 1.23. The van der Waals surface area contributed by atoms with Crippen LogP contribution in [0.1, 0.15) is 21.7 Å². The number of esters is 1. The van der Waals surface area contributed by atoms with Crippen LogP contribution in [-0.2, 0) is 24.9 Å². The SMILES string of the molecule is COC(=O)c1ccc(CN(C)Cc2ncnn2C)cc1. The molecule has 0 fully saturated rings. The van der Waals surface area contributed by atoms with Crippen LogP contribution < -0.4 is 0 Å². The van der Waals surface area contributed by atoms with Gasteiger partial charge in [0.2, 0.25) is 0 Å². The van der Waals surface area contributed by atoms with E-state index < -0.39 is 0 Å². The highest BCUT2D eigenvalue weighted by atomic mass is 16.5. The highest BCUT2D eigenvalue weighted by molar-refractivity contribution is 5.89. The molecule has 0 spiro atoms. The highest BCUT2D eigenvalue weighted by Gasteiger charge is 2.08. The standard InChI is InChI=1S/C14H18N4O2/c1-17(9-13-15-10-16-18(13)2)8-11-4-6-12(7-5-11)14(19)20-3/h4-7,10H,8-9H2,1-3H3. The Balaban J connectivity index is 1.96. The van der Waals surface area contributed by atoms with Crippen molar-refractivity contribution in [3.8, 4) is 0 Å². The average Bonchev–Trinajstić information content (AvgIpc) is 2.84. The Morgan fingerprint density at radius 3 is 2.55 bits per heavy atom. The molecule has 106 valence electrons. The molecule has 2 aromatic rings. The first-order valence-electron chi connectivity index (χ1n) is 6.29. The fourth-order valence-corrected chi connectivity index (χ4v) is 1.94. The van der Waals surface area contributed by atoms with Crippen molar-refractivity contribution < 1.29 is 9.53 Å². The molecule has 0 aliphatic carbocycles. The molecule has 20 heavy (non-hydrogen) atoms. The first-order valence-corrected chi connectivity index (χ1v) is 6.29. The van der Waals surface area contributed by atoms with E-state index in [-0.39, 0.29) is 5.97 Å². The normalized spacial score (nSPS) is 10.8. The zero-order chi connectivity index (χ0) is 14.5. The molecule has 0 radical (unpaired) electrons. The van der Waals surface area contributed by atoms with Crippen LogP contribution in [0.25, 0.3) is 0 Å². The minimum Gasteiger partial charge on any atom is -0.465 e. The van der Waals surface area contributed by atoms with Gasteiger partial charge in [-0.1, -0.05) is 12.1 Å². The summed E-state index contributed by atoms with van der Waals surface area (Å²) in [4.78, 5) is 17.7. The van der Waals surface area contributed by atoms with Gasteiger partial charge in [0.25, 0.3) is 0 Å². The van der Waals surface area contributed by atoms with Gasteiger partial charge in [-0.3, -0.25) is 9.58 Å². The lowest BCUT2D eigenvalue weighted by Crippen LogP contribution is -2.19.